The molecule has 1 saturated heterocycles. The predicted octanol–water partition coefficient (Wildman–Crippen LogP) is 4.45. The fraction of sp³-hybridized carbons (Fsp3) is 0.267. The summed E-state index contributed by atoms with van der Waals surface area (Å²) in [5.74, 6) is 0.346. The summed E-state index contributed by atoms with van der Waals surface area (Å²) in [5, 5.41) is 3.15. The van der Waals surface area contributed by atoms with Gasteiger partial charge < -0.3 is 24.4 Å². The third kappa shape index (κ3) is 6.58. The fourth-order valence-electron chi connectivity index (χ4n) is 4.39. The molecule has 40 heavy (non-hydrogen) atoms. The highest BCUT2D eigenvalue weighted by Crippen LogP contribution is 2.29. The lowest BCUT2D eigenvalue weighted by Gasteiger charge is -2.24. The number of carbonyl (C=O) groups is 3. The second kappa shape index (κ2) is 13.1. The number of hydrogen-bond acceptors (Lipinski definition) is 7. The van der Waals surface area contributed by atoms with Crippen LogP contribution in [-0.4, -0.2) is 61.2 Å². The molecule has 1 atom stereocenters. The predicted molar refractivity (Wildman–Crippen MR) is 156 cm³/mol. The van der Waals surface area contributed by atoms with E-state index in [1.807, 2.05) is 24.3 Å². The Labute approximate surface area is 238 Å². The molecule has 10 heteroatoms. The Balaban J connectivity index is 1.51. The van der Waals surface area contributed by atoms with Crippen LogP contribution in [0.15, 0.2) is 72.8 Å². The number of nitrogens with zero attached hydrogens (tertiary/aromatic N) is 2. The van der Waals surface area contributed by atoms with Crippen molar-refractivity contribution in [3.63, 3.8) is 0 Å². The Morgan fingerprint density at radius 1 is 0.900 bits per heavy atom. The van der Waals surface area contributed by atoms with E-state index in [4.69, 9.17) is 26.4 Å². The maximum absolute atomic E-state index is 13.7. The van der Waals surface area contributed by atoms with Crippen molar-refractivity contribution in [3.05, 3.63) is 83.9 Å². The lowest BCUT2D eigenvalue weighted by atomic mass is 10.1. The highest BCUT2D eigenvalue weighted by Gasteiger charge is 2.43. The number of methoxy groups -OCH3 is 2. The van der Waals surface area contributed by atoms with Crippen LogP contribution in [-0.2, 0) is 20.7 Å². The summed E-state index contributed by atoms with van der Waals surface area (Å²) < 4.78 is 15.5. The Bertz CT molecular complexity index is 1360. The van der Waals surface area contributed by atoms with E-state index >= 15 is 0 Å². The summed E-state index contributed by atoms with van der Waals surface area (Å²) in [6, 6.07) is 20.3. The van der Waals surface area contributed by atoms with Gasteiger partial charge in [0.1, 0.15) is 17.5 Å². The van der Waals surface area contributed by atoms with Crippen LogP contribution >= 0.6 is 12.2 Å². The Morgan fingerprint density at radius 2 is 1.50 bits per heavy atom. The van der Waals surface area contributed by atoms with Crippen LogP contribution in [0.4, 0.5) is 11.4 Å². The number of carbonyl (C=O) groups excluding carboxylic acids is 3. The largest absolute Gasteiger partial charge is 0.497 e. The van der Waals surface area contributed by atoms with Crippen molar-refractivity contribution in [1.82, 2.24) is 4.90 Å². The van der Waals surface area contributed by atoms with Crippen molar-refractivity contribution in [3.8, 4) is 11.5 Å². The molecule has 1 N–H and O–H groups in total. The van der Waals surface area contributed by atoms with Gasteiger partial charge in [-0.2, -0.15) is 0 Å². The summed E-state index contributed by atoms with van der Waals surface area (Å²) in [5.41, 5.74) is 2.53. The van der Waals surface area contributed by atoms with Crippen LogP contribution in [0.25, 0.3) is 0 Å². The molecule has 2 amide bonds. The average molecular weight is 562 g/mol. The molecular weight excluding hydrogens is 530 g/mol. The third-order valence-electron chi connectivity index (χ3n) is 6.51. The monoisotopic (exact) mass is 561 g/mol. The number of amides is 2. The summed E-state index contributed by atoms with van der Waals surface area (Å²) in [6.45, 7) is 2.45. The van der Waals surface area contributed by atoms with Gasteiger partial charge in [-0.05, 0) is 91.8 Å². The smallest absolute Gasteiger partial charge is 0.338 e. The molecule has 9 nitrogen and oxygen atoms in total. The van der Waals surface area contributed by atoms with E-state index in [2.05, 4.69) is 5.32 Å². The molecule has 1 heterocycles. The van der Waals surface area contributed by atoms with Crippen molar-refractivity contribution in [2.45, 2.75) is 25.8 Å². The van der Waals surface area contributed by atoms with E-state index in [0.717, 1.165) is 11.3 Å². The minimum atomic E-state index is -0.786. The number of hydrogen-bond donors (Lipinski definition) is 1. The van der Waals surface area contributed by atoms with Gasteiger partial charge in [0.2, 0.25) is 5.91 Å². The molecule has 4 rings (SSSR count). The number of benzene rings is 3. The van der Waals surface area contributed by atoms with E-state index in [1.165, 1.54) is 4.90 Å². The number of nitrogens with one attached hydrogen (secondary N) is 1. The average Bonchev–Trinajstić information content (AvgIpc) is 3.20. The zero-order chi connectivity index (χ0) is 28.6. The minimum absolute atomic E-state index is 0.103. The zero-order valence-corrected chi connectivity index (χ0v) is 23.4. The van der Waals surface area contributed by atoms with Gasteiger partial charge in [-0.1, -0.05) is 12.1 Å². The quantitative estimate of drug-likeness (QED) is 0.271. The molecule has 0 spiro atoms. The topological polar surface area (TPSA) is 97.4 Å². The van der Waals surface area contributed by atoms with E-state index in [0.29, 0.717) is 40.8 Å². The summed E-state index contributed by atoms with van der Waals surface area (Å²) in [7, 11) is 3.18. The Morgan fingerprint density at radius 3 is 2.08 bits per heavy atom. The summed E-state index contributed by atoms with van der Waals surface area (Å²) >= 11 is 5.76. The van der Waals surface area contributed by atoms with Crippen molar-refractivity contribution in [2.24, 2.45) is 0 Å². The maximum atomic E-state index is 13.7. The van der Waals surface area contributed by atoms with Gasteiger partial charge in [0.05, 0.1) is 38.5 Å². The van der Waals surface area contributed by atoms with Crippen LogP contribution in [0.2, 0.25) is 0 Å². The van der Waals surface area contributed by atoms with E-state index < -0.39 is 12.0 Å². The molecule has 1 fully saturated rings. The van der Waals surface area contributed by atoms with Crippen molar-refractivity contribution in [1.29, 1.82) is 0 Å². The Hall–Kier alpha value is -4.44. The Kier molecular flexibility index (Phi) is 9.34. The molecule has 0 saturated carbocycles. The first-order chi connectivity index (χ1) is 19.3. The molecular formula is C30H31N3O6S. The molecule has 0 aliphatic carbocycles. The fourth-order valence-corrected chi connectivity index (χ4v) is 4.80. The first kappa shape index (κ1) is 28.6. The van der Waals surface area contributed by atoms with Crippen molar-refractivity contribution < 1.29 is 28.6 Å². The van der Waals surface area contributed by atoms with Crippen LogP contribution in [0.1, 0.15) is 29.3 Å². The van der Waals surface area contributed by atoms with E-state index in [-0.39, 0.29) is 24.8 Å². The molecule has 0 bridgehead atoms. The van der Waals surface area contributed by atoms with E-state index in [9.17, 15) is 14.4 Å². The second-order valence-electron chi connectivity index (χ2n) is 9.01. The zero-order valence-electron chi connectivity index (χ0n) is 22.6. The lowest BCUT2D eigenvalue weighted by molar-refractivity contribution is -0.124. The molecule has 3 aromatic carbocycles. The number of rotatable bonds is 11. The van der Waals surface area contributed by atoms with Gasteiger partial charge in [-0.25, -0.2) is 4.79 Å². The van der Waals surface area contributed by atoms with Crippen molar-refractivity contribution in [2.75, 3.05) is 37.6 Å². The summed E-state index contributed by atoms with van der Waals surface area (Å²) in [6.07, 6.45) is 0.509. The van der Waals surface area contributed by atoms with Crippen LogP contribution in [0.3, 0.4) is 0 Å². The van der Waals surface area contributed by atoms with Gasteiger partial charge in [-0.3, -0.25) is 14.5 Å². The minimum Gasteiger partial charge on any atom is -0.497 e. The molecule has 3 aromatic rings. The molecule has 208 valence electrons. The number of ether oxygens (including phenoxy) is 3. The van der Waals surface area contributed by atoms with Crippen LogP contribution in [0.5, 0.6) is 11.5 Å². The van der Waals surface area contributed by atoms with Gasteiger partial charge >= 0.3 is 5.97 Å². The SMILES string of the molecule is CCOC(=O)c1ccc(NC(=O)C[C@H]2C(=O)N(c3ccc(OC)cc3)C(=S)N2CCc2ccc(OC)cc2)cc1. The number of thiocarbonyl (C=S) groups is 1. The maximum Gasteiger partial charge on any atom is 0.338 e. The van der Waals surface area contributed by atoms with Gasteiger partial charge in [0.25, 0.3) is 5.91 Å². The number of anilines is 2. The molecule has 1 aliphatic heterocycles. The number of esters is 1. The van der Waals surface area contributed by atoms with Gasteiger partial charge in [-0.15, -0.1) is 0 Å². The molecule has 0 aromatic heterocycles. The van der Waals surface area contributed by atoms with Gasteiger partial charge in [0.15, 0.2) is 5.11 Å². The van der Waals surface area contributed by atoms with Crippen LogP contribution in [0, 0.1) is 0 Å². The molecule has 0 radical (unpaired) electrons. The van der Waals surface area contributed by atoms with Crippen molar-refractivity contribution >= 4 is 46.5 Å². The highest BCUT2D eigenvalue weighted by molar-refractivity contribution is 7.80. The second-order valence-corrected chi connectivity index (χ2v) is 9.38. The van der Waals surface area contributed by atoms with Crippen LogP contribution < -0.4 is 19.7 Å². The normalized spacial score (nSPS) is 14.7. The lowest BCUT2D eigenvalue weighted by Crippen LogP contribution is -2.39. The standard InChI is InChI=1S/C30H31N3O6S/c1-4-39-29(36)21-7-9-22(10-8-21)31-27(34)19-26-28(35)33(23-11-15-25(38-3)16-12-23)30(40)32(26)18-17-20-5-13-24(37-2)14-6-20/h5-16,26H,4,17-19H2,1-3H3,(H,31,34)/t26-/m0/s1. The highest BCUT2D eigenvalue weighted by atomic mass is 32.1. The molecule has 1 aliphatic rings. The summed E-state index contributed by atoms with van der Waals surface area (Å²) in [4.78, 5) is 41.9. The first-order valence-corrected chi connectivity index (χ1v) is 13.2. The van der Waals surface area contributed by atoms with Gasteiger partial charge in [0, 0.05) is 12.2 Å². The third-order valence-corrected chi connectivity index (χ3v) is 6.93. The van der Waals surface area contributed by atoms with E-state index in [1.54, 1.807) is 74.6 Å². The molecule has 0 unspecified atom stereocenters. The first-order valence-electron chi connectivity index (χ1n) is 12.8.